The third-order valence-electron chi connectivity index (χ3n) is 3.96. The number of amides is 2. The number of anilines is 1. The van der Waals surface area contributed by atoms with Crippen LogP contribution in [-0.4, -0.2) is 36.6 Å². The summed E-state index contributed by atoms with van der Waals surface area (Å²) in [5.41, 5.74) is 6.83. The Morgan fingerprint density at radius 1 is 1.24 bits per heavy atom. The second-order valence-corrected chi connectivity index (χ2v) is 7.25. The molecule has 1 saturated heterocycles. The van der Waals surface area contributed by atoms with E-state index >= 15 is 0 Å². The number of nitrogens with one attached hydrogen (secondary N) is 2. The molecule has 25 heavy (non-hydrogen) atoms. The van der Waals surface area contributed by atoms with E-state index in [4.69, 9.17) is 10.5 Å². The van der Waals surface area contributed by atoms with Crippen LogP contribution < -0.4 is 16.4 Å². The van der Waals surface area contributed by atoms with Crippen LogP contribution in [0.2, 0.25) is 0 Å². The molecule has 0 radical (unpaired) electrons. The van der Waals surface area contributed by atoms with Gasteiger partial charge < -0.3 is 21.1 Å². The second-order valence-electron chi connectivity index (χ2n) is 7.25. The van der Waals surface area contributed by atoms with Crippen LogP contribution in [0.25, 0.3) is 0 Å². The largest absolute Gasteiger partial charge is 0.381 e. The van der Waals surface area contributed by atoms with Crippen LogP contribution in [0.15, 0.2) is 24.3 Å². The number of hydrogen-bond donors (Lipinski definition) is 3. The van der Waals surface area contributed by atoms with Crippen molar-refractivity contribution in [2.75, 3.05) is 18.5 Å². The lowest BCUT2D eigenvalue weighted by Gasteiger charge is -2.26. The van der Waals surface area contributed by atoms with Crippen LogP contribution in [0, 0.1) is 5.92 Å². The molecule has 4 N–H and O–H groups in total. The molecule has 1 heterocycles. The van der Waals surface area contributed by atoms with Gasteiger partial charge in [0.15, 0.2) is 0 Å². The summed E-state index contributed by atoms with van der Waals surface area (Å²) in [5.74, 6) is -0.270. The van der Waals surface area contributed by atoms with Crippen LogP contribution in [0.5, 0.6) is 0 Å². The topological polar surface area (TPSA) is 93.5 Å². The number of carbonyl (C=O) groups excluding carboxylic acids is 2. The minimum absolute atomic E-state index is 0. The van der Waals surface area contributed by atoms with Crippen LogP contribution in [0.4, 0.5) is 5.69 Å². The molecular formula is C18H28ClN3O3. The van der Waals surface area contributed by atoms with Crippen molar-refractivity contribution in [2.24, 2.45) is 11.7 Å². The van der Waals surface area contributed by atoms with E-state index in [-0.39, 0.29) is 35.7 Å². The summed E-state index contributed by atoms with van der Waals surface area (Å²) >= 11 is 0. The molecule has 1 aliphatic rings. The fourth-order valence-electron chi connectivity index (χ4n) is 2.67. The molecule has 0 aliphatic carbocycles. The summed E-state index contributed by atoms with van der Waals surface area (Å²) < 4.78 is 5.30. The highest BCUT2D eigenvalue weighted by molar-refractivity contribution is 5.98. The van der Waals surface area contributed by atoms with Crippen LogP contribution >= 0.6 is 12.4 Å². The van der Waals surface area contributed by atoms with Gasteiger partial charge in [0.05, 0.1) is 6.04 Å². The van der Waals surface area contributed by atoms with Gasteiger partial charge in [-0.1, -0.05) is 6.07 Å². The molecule has 0 spiro atoms. The zero-order valence-electron chi connectivity index (χ0n) is 15.0. The fourth-order valence-corrected chi connectivity index (χ4v) is 2.67. The van der Waals surface area contributed by atoms with Crippen LogP contribution in [0.3, 0.4) is 0 Å². The highest BCUT2D eigenvalue weighted by Gasteiger charge is 2.26. The van der Waals surface area contributed by atoms with Gasteiger partial charge in [0.1, 0.15) is 0 Å². The highest BCUT2D eigenvalue weighted by Crippen LogP contribution is 2.19. The Balaban J connectivity index is 0.00000312. The average Bonchev–Trinajstić information content (AvgIpc) is 2.53. The Bertz CT molecular complexity index is 595. The molecule has 1 aromatic carbocycles. The Morgan fingerprint density at radius 3 is 2.48 bits per heavy atom. The molecule has 1 unspecified atom stereocenters. The van der Waals surface area contributed by atoms with Crippen LogP contribution in [-0.2, 0) is 9.53 Å². The van der Waals surface area contributed by atoms with Gasteiger partial charge in [-0.15, -0.1) is 12.4 Å². The minimum atomic E-state index is -0.569. The number of halogens is 1. The summed E-state index contributed by atoms with van der Waals surface area (Å²) in [5, 5.41) is 5.71. The Kier molecular flexibility index (Phi) is 7.86. The van der Waals surface area contributed by atoms with Crippen molar-refractivity contribution in [2.45, 2.75) is 45.2 Å². The van der Waals surface area contributed by atoms with Crippen molar-refractivity contribution in [1.82, 2.24) is 5.32 Å². The first kappa shape index (κ1) is 21.4. The van der Waals surface area contributed by atoms with Gasteiger partial charge in [-0.05, 0) is 57.7 Å². The second kappa shape index (κ2) is 9.17. The standard InChI is InChI=1S/C18H27N3O3.ClH/c1-18(2,3)21-16(22)13-5-4-6-14(11-13)20-17(23)15(19)12-7-9-24-10-8-12;/h4-6,11-12,15H,7-10,19H2,1-3H3,(H,20,23)(H,21,22);1H. The monoisotopic (exact) mass is 369 g/mol. The van der Waals surface area contributed by atoms with Gasteiger partial charge in [0.25, 0.3) is 5.91 Å². The smallest absolute Gasteiger partial charge is 0.251 e. The quantitative estimate of drug-likeness (QED) is 0.759. The number of nitrogens with two attached hydrogens (primary N) is 1. The van der Waals surface area contributed by atoms with Crippen molar-refractivity contribution < 1.29 is 14.3 Å². The molecule has 2 amide bonds. The molecule has 6 nitrogen and oxygen atoms in total. The molecule has 0 bridgehead atoms. The summed E-state index contributed by atoms with van der Waals surface area (Å²) in [7, 11) is 0. The molecule has 1 aromatic rings. The van der Waals surface area contributed by atoms with Crippen molar-refractivity contribution >= 4 is 29.9 Å². The normalized spacial score (nSPS) is 16.5. The van der Waals surface area contributed by atoms with E-state index in [1.165, 1.54) is 0 Å². The van der Waals surface area contributed by atoms with E-state index in [0.29, 0.717) is 24.5 Å². The molecule has 2 rings (SSSR count). The molecule has 1 aliphatic heterocycles. The molecule has 140 valence electrons. The van der Waals surface area contributed by atoms with Gasteiger partial charge in [0.2, 0.25) is 5.91 Å². The van der Waals surface area contributed by atoms with Crippen molar-refractivity contribution in [3.05, 3.63) is 29.8 Å². The average molecular weight is 370 g/mol. The molecule has 7 heteroatoms. The maximum atomic E-state index is 12.3. The number of benzene rings is 1. The SMILES string of the molecule is CC(C)(C)NC(=O)c1cccc(NC(=O)C(N)C2CCOCC2)c1.Cl. The third-order valence-corrected chi connectivity index (χ3v) is 3.96. The Morgan fingerprint density at radius 2 is 1.88 bits per heavy atom. The lowest BCUT2D eigenvalue weighted by atomic mass is 9.92. The molecule has 0 saturated carbocycles. The van der Waals surface area contributed by atoms with E-state index in [2.05, 4.69) is 10.6 Å². The maximum Gasteiger partial charge on any atom is 0.251 e. The number of carbonyl (C=O) groups is 2. The first-order valence-electron chi connectivity index (χ1n) is 8.33. The first-order valence-corrected chi connectivity index (χ1v) is 8.33. The van der Waals surface area contributed by atoms with Gasteiger partial charge in [0, 0.05) is 30.0 Å². The maximum absolute atomic E-state index is 12.3. The molecule has 0 aromatic heterocycles. The molecule has 1 atom stereocenters. The number of rotatable bonds is 4. The van der Waals surface area contributed by atoms with E-state index in [0.717, 1.165) is 12.8 Å². The minimum Gasteiger partial charge on any atom is -0.381 e. The van der Waals surface area contributed by atoms with Crippen LogP contribution in [0.1, 0.15) is 44.0 Å². The van der Waals surface area contributed by atoms with Crippen molar-refractivity contribution in [3.63, 3.8) is 0 Å². The van der Waals surface area contributed by atoms with Gasteiger partial charge in [-0.2, -0.15) is 0 Å². The predicted octanol–water partition coefficient (Wildman–Crippen LogP) is 2.33. The highest BCUT2D eigenvalue weighted by atomic mass is 35.5. The first-order chi connectivity index (χ1) is 11.3. The van der Waals surface area contributed by atoms with Crippen molar-refractivity contribution in [3.8, 4) is 0 Å². The molecular weight excluding hydrogens is 342 g/mol. The number of hydrogen-bond acceptors (Lipinski definition) is 4. The van der Waals surface area contributed by atoms with Gasteiger partial charge in [-0.3, -0.25) is 9.59 Å². The molecule has 1 fully saturated rings. The summed E-state index contributed by atoms with van der Waals surface area (Å²) in [4.78, 5) is 24.6. The van der Waals surface area contributed by atoms with E-state index in [1.807, 2.05) is 20.8 Å². The zero-order valence-corrected chi connectivity index (χ0v) is 15.8. The van der Waals surface area contributed by atoms with E-state index in [1.54, 1.807) is 24.3 Å². The fraction of sp³-hybridized carbons (Fsp3) is 0.556. The summed E-state index contributed by atoms with van der Waals surface area (Å²) in [6.45, 7) is 7.05. The number of ether oxygens (including phenoxy) is 1. The summed E-state index contributed by atoms with van der Waals surface area (Å²) in [6.07, 6.45) is 1.59. The zero-order chi connectivity index (χ0) is 17.7. The lowest BCUT2D eigenvalue weighted by molar-refractivity contribution is -0.119. The van der Waals surface area contributed by atoms with Crippen molar-refractivity contribution in [1.29, 1.82) is 0 Å². The lowest BCUT2D eigenvalue weighted by Crippen LogP contribution is -2.44. The predicted molar refractivity (Wildman–Crippen MR) is 101 cm³/mol. The van der Waals surface area contributed by atoms with E-state index in [9.17, 15) is 9.59 Å². The van der Waals surface area contributed by atoms with E-state index < -0.39 is 6.04 Å². The van der Waals surface area contributed by atoms with Gasteiger partial charge >= 0.3 is 0 Å². The van der Waals surface area contributed by atoms with Gasteiger partial charge in [-0.25, -0.2) is 0 Å². The Hall–Kier alpha value is -1.63. The summed E-state index contributed by atoms with van der Waals surface area (Å²) in [6, 6.07) is 6.31. The third kappa shape index (κ3) is 6.65. The Labute approximate surface area is 155 Å².